The van der Waals surface area contributed by atoms with Crippen molar-refractivity contribution in [3.8, 4) is 0 Å². The van der Waals surface area contributed by atoms with Crippen molar-refractivity contribution in [2.75, 3.05) is 13.3 Å². The third-order valence-electron chi connectivity index (χ3n) is 0. The van der Waals surface area contributed by atoms with Crippen LogP contribution in [-0.2, 0) is 11.8 Å². The molecule has 0 aromatic rings. The van der Waals surface area contributed by atoms with Gasteiger partial charge in [0.15, 0.2) is 0 Å². The van der Waals surface area contributed by atoms with Gasteiger partial charge in [0.1, 0.15) is 0 Å². The molecule has 0 unspecified atom stereocenters. The van der Waals surface area contributed by atoms with Crippen LogP contribution in [0, 0.1) is 0 Å². The summed E-state index contributed by atoms with van der Waals surface area (Å²) in [5.41, 5.74) is 0. The van der Waals surface area contributed by atoms with E-state index in [0.717, 1.165) is 0 Å². The normalized spacial score (nSPS) is 11.8. The predicted molar refractivity (Wildman–Crippen MR) is 35.1 cm³/mol. The molecule has 0 spiro atoms. The van der Waals surface area contributed by atoms with Crippen LogP contribution >= 0.6 is 17.5 Å². The van der Waals surface area contributed by atoms with Crippen LogP contribution < -0.4 is 0 Å². The molecule has 0 amide bonds. The van der Waals surface area contributed by atoms with Crippen molar-refractivity contribution in [3.05, 3.63) is 0 Å². The molecule has 0 aromatic heterocycles. The molecule has 0 N–H and O–H groups in total. The van der Waals surface area contributed by atoms with Crippen molar-refractivity contribution < 1.29 is 0 Å². The lowest BCUT2D eigenvalue weighted by molar-refractivity contribution is 2.29. The minimum atomic E-state index is -1.11. The van der Waals surface area contributed by atoms with Gasteiger partial charge in [-0.3, -0.25) is 0 Å². The highest BCUT2D eigenvalue weighted by molar-refractivity contribution is 8.63. The molecule has 0 rings (SSSR count). The number of hydrogen-bond acceptors (Lipinski definition) is 1. The SMILES string of the molecule is CP(C)(=S)S. The Morgan fingerprint density at radius 1 is 1.60 bits per heavy atom. The van der Waals surface area contributed by atoms with Crippen LogP contribution in [0.1, 0.15) is 0 Å². The molecule has 0 saturated heterocycles. The zero-order valence-electron chi connectivity index (χ0n) is 3.30. The molecule has 0 aliphatic heterocycles. The van der Waals surface area contributed by atoms with Crippen molar-refractivity contribution in [3.63, 3.8) is 0 Å². The second kappa shape index (κ2) is 1.63. The Balaban J connectivity index is 3.47. The average molecular weight is 126 g/mol. The Kier molecular flexibility index (Phi) is 1.96. The van der Waals surface area contributed by atoms with Gasteiger partial charge in [-0.2, -0.15) is 0 Å². The second-order valence-electron chi connectivity index (χ2n) is 1.29. The molecule has 0 fully saturated rings. The van der Waals surface area contributed by atoms with Gasteiger partial charge < -0.3 is 0 Å². The quantitative estimate of drug-likeness (QED) is 0.379. The smallest absolute Gasteiger partial charge is 0.00246 e. The van der Waals surface area contributed by atoms with Gasteiger partial charge in [-0.1, -0.05) is 11.8 Å². The van der Waals surface area contributed by atoms with E-state index in [1.807, 2.05) is 13.3 Å². The van der Waals surface area contributed by atoms with E-state index < -0.39 is 5.24 Å². The summed E-state index contributed by atoms with van der Waals surface area (Å²) >= 11 is 8.85. The molecule has 0 heterocycles. The fourth-order valence-electron chi connectivity index (χ4n) is 0. The topological polar surface area (TPSA) is 0 Å². The largest absolute Gasteiger partial charge is 0.141 e. The highest BCUT2D eigenvalue weighted by Crippen LogP contribution is 2.41. The molecule has 0 atom stereocenters. The van der Waals surface area contributed by atoms with Crippen LogP contribution in [0.3, 0.4) is 0 Å². The van der Waals surface area contributed by atoms with Gasteiger partial charge >= 0.3 is 0 Å². The Hall–Kier alpha value is 1.00. The maximum Gasteiger partial charge on any atom is -0.00246 e. The van der Waals surface area contributed by atoms with Gasteiger partial charge in [0.25, 0.3) is 0 Å². The zero-order valence-corrected chi connectivity index (χ0v) is 5.91. The Labute approximate surface area is 43.1 Å². The van der Waals surface area contributed by atoms with Crippen molar-refractivity contribution in [1.82, 2.24) is 0 Å². The summed E-state index contributed by atoms with van der Waals surface area (Å²) in [5, 5.41) is -1.11. The molecule has 0 nitrogen and oxygen atoms in total. The molecule has 3 heteroatoms. The standard InChI is InChI=1S/C2H7PS2/c1-3(2,4)5/h1-2H3,(H,4,5). The molecule has 5 heavy (non-hydrogen) atoms. The minimum Gasteiger partial charge on any atom is -0.141 e. The first kappa shape index (κ1) is 6.00. The number of hydrogen-bond donors (Lipinski definition) is 1. The van der Waals surface area contributed by atoms with Crippen molar-refractivity contribution >= 4 is 29.3 Å². The highest BCUT2D eigenvalue weighted by atomic mass is 32.9. The van der Waals surface area contributed by atoms with Crippen LogP contribution in [0.5, 0.6) is 0 Å². The molecule has 0 aromatic carbocycles. The van der Waals surface area contributed by atoms with E-state index in [1.54, 1.807) is 0 Å². The molecule has 32 valence electrons. The van der Waals surface area contributed by atoms with E-state index in [4.69, 9.17) is 11.8 Å². The van der Waals surface area contributed by atoms with Crippen LogP contribution in [0.25, 0.3) is 0 Å². The summed E-state index contributed by atoms with van der Waals surface area (Å²) in [4.78, 5) is 0. The van der Waals surface area contributed by atoms with E-state index in [9.17, 15) is 0 Å². The summed E-state index contributed by atoms with van der Waals surface area (Å²) < 4.78 is 0. The summed E-state index contributed by atoms with van der Waals surface area (Å²) in [7, 11) is 0. The molecular formula is C2H7PS2. The van der Waals surface area contributed by atoms with Gasteiger partial charge in [-0.15, -0.1) is 12.2 Å². The maximum absolute atomic E-state index is 4.80. The Morgan fingerprint density at radius 2 is 1.60 bits per heavy atom. The molecule has 0 aliphatic carbocycles. The first-order chi connectivity index (χ1) is 2.00. The van der Waals surface area contributed by atoms with E-state index in [-0.39, 0.29) is 0 Å². The van der Waals surface area contributed by atoms with Crippen molar-refractivity contribution in [2.24, 2.45) is 0 Å². The van der Waals surface area contributed by atoms with Crippen molar-refractivity contribution in [2.45, 2.75) is 0 Å². The highest BCUT2D eigenvalue weighted by Gasteiger charge is 1.84. The Bertz CT molecular complexity index is 53.8. The maximum atomic E-state index is 4.80. The number of thiol groups is 1. The predicted octanol–water partition coefficient (Wildman–Crippen LogP) is 1.57. The van der Waals surface area contributed by atoms with Crippen LogP contribution in [-0.4, -0.2) is 13.3 Å². The third kappa shape index (κ3) is 45.0. The summed E-state index contributed by atoms with van der Waals surface area (Å²) in [6, 6.07) is 0. The fraction of sp³-hybridized carbons (Fsp3) is 1.00. The lowest BCUT2D eigenvalue weighted by atomic mass is 11.9. The first-order valence-corrected chi connectivity index (χ1v) is 6.13. The summed E-state index contributed by atoms with van der Waals surface area (Å²) in [6.07, 6.45) is 0. The lowest BCUT2D eigenvalue weighted by Crippen LogP contribution is -1.49. The zero-order chi connectivity index (χ0) is 4.50. The minimum absolute atomic E-state index is 1.11. The van der Waals surface area contributed by atoms with Gasteiger partial charge in [-0.25, -0.2) is 0 Å². The fourth-order valence-corrected chi connectivity index (χ4v) is 0. The van der Waals surface area contributed by atoms with Gasteiger partial charge in [0.2, 0.25) is 0 Å². The van der Waals surface area contributed by atoms with Gasteiger partial charge in [0, 0.05) is 0 Å². The molecule has 0 bridgehead atoms. The molecule has 0 radical (unpaired) electrons. The van der Waals surface area contributed by atoms with Crippen molar-refractivity contribution in [1.29, 1.82) is 0 Å². The van der Waals surface area contributed by atoms with Crippen LogP contribution in [0.4, 0.5) is 0 Å². The molecule has 0 aliphatic rings. The van der Waals surface area contributed by atoms with Gasteiger partial charge in [-0.05, 0) is 18.6 Å². The summed E-state index contributed by atoms with van der Waals surface area (Å²) in [5.74, 6) is 0. The summed E-state index contributed by atoms with van der Waals surface area (Å²) in [6.45, 7) is 3.96. The van der Waals surface area contributed by atoms with Crippen LogP contribution in [0.2, 0.25) is 0 Å². The molecular weight excluding hydrogens is 119 g/mol. The monoisotopic (exact) mass is 126 g/mol. The van der Waals surface area contributed by atoms with E-state index in [2.05, 4.69) is 12.2 Å². The first-order valence-electron chi connectivity index (χ1n) is 1.28. The second-order valence-corrected chi connectivity index (χ2v) is 10.4. The van der Waals surface area contributed by atoms with Crippen LogP contribution in [0.15, 0.2) is 0 Å². The molecule has 0 saturated carbocycles. The van der Waals surface area contributed by atoms with E-state index in [1.165, 1.54) is 0 Å². The van der Waals surface area contributed by atoms with E-state index >= 15 is 0 Å². The Morgan fingerprint density at radius 3 is 1.60 bits per heavy atom. The number of rotatable bonds is 0. The lowest BCUT2D eigenvalue weighted by Gasteiger charge is -1.91. The average Bonchev–Trinajstić information content (AvgIpc) is 0.722. The third-order valence-corrected chi connectivity index (χ3v) is 0. The van der Waals surface area contributed by atoms with Gasteiger partial charge in [0.05, 0.1) is 0 Å². The van der Waals surface area contributed by atoms with E-state index in [0.29, 0.717) is 0 Å².